The smallest absolute Gasteiger partial charge is 0.652 e. The summed E-state index contributed by atoms with van der Waals surface area (Å²) in [7, 11) is 0. The Morgan fingerprint density at radius 3 is 1.62 bits per heavy atom. The number of halogens is 1. The number of benzene rings is 1. The number of hydrogen-bond acceptors (Lipinski definition) is 7. The summed E-state index contributed by atoms with van der Waals surface area (Å²) in [6.45, 7) is 6.88. The second-order valence-electron chi connectivity index (χ2n) is 3.62. The molecule has 0 aromatic heterocycles. The second-order valence-corrected chi connectivity index (χ2v) is 4.42. The summed E-state index contributed by atoms with van der Waals surface area (Å²) in [6.07, 6.45) is -2.33. The SMILES string of the molecule is CCOC(=O)c1cc(OCC)c(Br)c(OCC)c1.O=C([O-])[O-].[K+].[K+]. The Bertz CT molecular complexity index is 481. The molecule has 10 heteroatoms. The van der Waals surface area contributed by atoms with Crippen LogP contribution in [0.2, 0.25) is 0 Å². The van der Waals surface area contributed by atoms with Crippen molar-refractivity contribution in [2.45, 2.75) is 20.8 Å². The number of carbonyl (C=O) groups is 2. The van der Waals surface area contributed by atoms with Crippen molar-refractivity contribution < 1.29 is 137 Å². The molecule has 0 aliphatic rings. The summed E-state index contributed by atoms with van der Waals surface area (Å²) >= 11 is 3.40. The summed E-state index contributed by atoms with van der Waals surface area (Å²) in [5.74, 6) is 0.768. The van der Waals surface area contributed by atoms with Gasteiger partial charge in [0.15, 0.2) is 0 Å². The van der Waals surface area contributed by atoms with Crippen LogP contribution in [0.4, 0.5) is 4.79 Å². The first kappa shape index (κ1) is 30.1. The van der Waals surface area contributed by atoms with E-state index in [1.807, 2.05) is 13.8 Å². The number of esters is 1. The Hall–Kier alpha value is 1.31. The van der Waals surface area contributed by atoms with Crippen LogP contribution in [0.25, 0.3) is 0 Å². The Kier molecular flexibility index (Phi) is 22.2. The molecule has 0 unspecified atom stereocenters. The third-order valence-corrected chi connectivity index (χ3v) is 2.90. The molecular formula is C14H17BrK2O7. The fraction of sp³-hybridized carbons (Fsp3) is 0.429. The second kappa shape index (κ2) is 17.7. The Morgan fingerprint density at radius 1 is 0.958 bits per heavy atom. The first-order valence-corrected chi connectivity index (χ1v) is 7.30. The Morgan fingerprint density at radius 2 is 1.33 bits per heavy atom. The van der Waals surface area contributed by atoms with Crippen LogP contribution in [0, 0.1) is 0 Å². The quantitative estimate of drug-likeness (QED) is 0.312. The van der Waals surface area contributed by atoms with E-state index in [9.17, 15) is 4.79 Å². The first-order valence-electron chi connectivity index (χ1n) is 6.51. The number of carboxylic acid groups (broad SMARTS) is 2. The molecule has 1 aromatic rings. The third kappa shape index (κ3) is 12.6. The van der Waals surface area contributed by atoms with Crippen molar-refractivity contribution in [2.75, 3.05) is 19.8 Å². The van der Waals surface area contributed by atoms with E-state index < -0.39 is 6.16 Å². The van der Waals surface area contributed by atoms with E-state index in [2.05, 4.69) is 15.9 Å². The summed E-state index contributed by atoms with van der Waals surface area (Å²) in [6, 6.07) is 3.29. The van der Waals surface area contributed by atoms with E-state index in [4.69, 9.17) is 29.2 Å². The molecule has 0 bridgehead atoms. The van der Waals surface area contributed by atoms with Crippen LogP contribution in [0.15, 0.2) is 16.6 Å². The molecule has 0 heterocycles. The molecule has 0 spiro atoms. The predicted molar refractivity (Wildman–Crippen MR) is 77.8 cm³/mol. The molecule has 1 aromatic carbocycles. The van der Waals surface area contributed by atoms with Gasteiger partial charge >= 0.3 is 109 Å². The molecule has 0 saturated carbocycles. The monoisotopic (exact) mass is 454 g/mol. The van der Waals surface area contributed by atoms with Crippen molar-refractivity contribution in [3.05, 3.63) is 22.2 Å². The van der Waals surface area contributed by atoms with Crippen LogP contribution in [-0.4, -0.2) is 31.9 Å². The molecule has 24 heavy (non-hydrogen) atoms. The third-order valence-electron chi connectivity index (χ3n) is 2.12. The van der Waals surface area contributed by atoms with Crippen molar-refractivity contribution in [1.29, 1.82) is 0 Å². The van der Waals surface area contributed by atoms with Crippen LogP contribution in [0.3, 0.4) is 0 Å². The average Bonchev–Trinajstić information content (AvgIpc) is 2.43. The van der Waals surface area contributed by atoms with Gasteiger partial charge in [0.2, 0.25) is 0 Å². The van der Waals surface area contributed by atoms with Crippen molar-refractivity contribution in [3.63, 3.8) is 0 Å². The molecule has 0 aliphatic carbocycles. The van der Waals surface area contributed by atoms with E-state index in [1.165, 1.54) is 0 Å². The molecule has 1 rings (SSSR count). The molecule has 0 radical (unpaired) electrons. The number of carbonyl (C=O) groups excluding carboxylic acids is 2. The maximum Gasteiger partial charge on any atom is 1.00 e. The molecule has 7 nitrogen and oxygen atoms in total. The topological polar surface area (TPSA) is 108 Å². The van der Waals surface area contributed by atoms with Gasteiger partial charge in [0.1, 0.15) is 16.0 Å². The normalized spacial score (nSPS) is 8.50. The summed E-state index contributed by atoms with van der Waals surface area (Å²) in [5.41, 5.74) is 0.423. The summed E-state index contributed by atoms with van der Waals surface area (Å²) in [5, 5.41) is 16.7. The standard InChI is InChI=1S/C13H17BrO4.CH2O3.2K/c1-4-16-10-7-9(13(15)18-6-3)8-11(12(10)14)17-5-2;2-1(3)4;;/h7-8H,4-6H2,1-3H3;(H2,2,3,4);;/q;;2*+1/p-2. The predicted octanol–water partition coefficient (Wildman–Crippen LogP) is -5.02. The minimum Gasteiger partial charge on any atom is -0.652 e. The first-order chi connectivity index (χ1) is 10.4. The fourth-order valence-corrected chi connectivity index (χ4v) is 1.88. The molecule has 0 N–H and O–H groups in total. The van der Waals surface area contributed by atoms with Crippen LogP contribution in [0.1, 0.15) is 31.1 Å². The van der Waals surface area contributed by atoms with Gasteiger partial charge in [0.25, 0.3) is 0 Å². The van der Waals surface area contributed by atoms with Gasteiger partial charge in [-0.15, -0.1) is 0 Å². The molecule has 0 saturated heterocycles. The number of rotatable bonds is 6. The number of ether oxygens (including phenoxy) is 3. The zero-order chi connectivity index (χ0) is 17.1. The van der Waals surface area contributed by atoms with Gasteiger partial charge in [-0.1, -0.05) is 0 Å². The maximum absolute atomic E-state index is 11.7. The molecule has 0 fully saturated rings. The largest absolute Gasteiger partial charge is 1.00 e. The van der Waals surface area contributed by atoms with E-state index in [1.54, 1.807) is 19.1 Å². The minimum atomic E-state index is -2.33. The molecule has 124 valence electrons. The van der Waals surface area contributed by atoms with Gasteiger partial charge in [-0.3, -0.25) is 0 Å². The zero-order valence-corrected chi connectivity index (χ0v) is 22.3. The van der Waals surface area contributed by atoms with E-state index in [0.29, 0.717) is 41.4 Å². The van der Waals surface area contributed by atoms with Gasteiger partial charge in [-0.2, -0.15) is 0 Å². The van der Waals surface area contributed by atoms with Gasteiger partial charge in [0.05, 0.1) is 25.4 Å². The molecule has 0 atom stereocenters. The van der Waals surface area contributed by atoms with Crippen LogP contribution in [0.5, 0.6) is 11.5 Å². The van der Waals surface area contributed by atoms with Crippen molar-refractivity contribution >= 4 is 28.1 Å². The van der Waals surface area contributed by atoms with Crippen molar-refractivity contribution in [1.82, 2.24) is 0 Å². The summed E-state index contributed by atoms with van der Waals surface area (Å²) < 4.78 is 16.6. The van der Waals surface area contributed by atoms with Crippen molar-refractivity contribution in [2.24, 2.45) is 0 Å². The van der Waals surface area contributed by atoms with Crippen LogP contribution in [-0.2, 0) is 4.74 Å². The maximum atomic E-state index is 11.7. The van der Waals surface area contributed by atoms with E-state index in [0.717, 1.165) is 0 Å². The minimum absolute atomic E-state index is 0. The fourth-order valence-electron chi connectivity index (χ4n) is 1.43. The molecule has 0 aliphatic heterocycles. The molecule has 0 amide bonds. The van der Waals surface area contributed by atoms with Gasteiger partial charge < -0.3 is 29.2 Å². The van der Waals surface area contributed by atoms with E-state index >= 15 is 0 Å². The zero-order valence-electron chi connectivity index (χ0n) is 14.5. The average molecular weight is 455 g/mol. The van der Waals surface area contributed by atoms with E-state index in [-0.39, 0.29) is 109 Å². The summed E-state index contributed by atoms with van der Waals surface area (Å²) in [4.78, 5) is 20.1. The van der Waals surface area contributed by atoms with Crippen LogP contribution >= 0.6 is 15.9 Å². The number of hydrogen-bond donors (Lipinski definition) is 0. The van der Waals surface area contributed by atoms with Crippen LogP contribution < -0.4 is 122 Å². The van der Waals surface area contributed by atoms with Gasteiger partial charge in [0, 0.05) is 0 Å². The molecular weight excluding hydrogens is 438 g/mol. The Labute approximate surface area is 234 Å². The van der Waals surface area contributed by atoms with Crippen molar-refractivity contribution in [3.8, 4) is 11.5 Å². The Balaban J connectivity index is -0.000000661. The van der Waals surface area contributed by atoms with Gasteiger partial charge in [-0.05, 0) is 55.0 Å². The van der Waals surface area contributed by atoms with Gasteiger partial charge in [-0.25, -0.2) is 4.79 Å².